The predicted octanol–water partition coefficient (Wildman–Crippen LogP) is 3.91. The maximum Gasteiger partial charge on any atom is 0.0440 e. The lowest BCUT2D eigenvalue weighted by Gasteiger charge is -2.42. The lowest BCUT2D eigenvalue weighted by Crippen LogP contribution is -2.48. The number of hydrogen-bond acceptors (Lipinski definition) is 2. The maximum absolute atomic E-state index is 6.29. The highest BCUT2D eigenvalue weighted by molar-refractivity contribution is 6.31. The van der Waals surface area contributed by atoms with Gasteiger partial charge < -0.3 is 10.2 Å². The molecule has 0 atom stereocenters. The highest BCUT2D eigenvalue weighted by Crippen LogP contribution is 2.40. The summed E-state index contributed by atoms with van der Waals surface area (Å²) in [6.45, 7) is 6.09. The maximum atomic E-state index is 6.29. The zero-order valence-corrected chi connectivity index (χ0v) is 14.0. The Morgan fingerprint density at radius 3 is 2.57 bits per heavy atom. The van der Waals surface area contributed by atoms with Crippen molar-refractivity contribution in [2.24, 2.45) is 5.41 Å². The van der Waals surface area contributed by atoms with Crippen molar-refractivity contribution in [2.75, 3.05) is 26.7 Å². The van der Waals surface area contributed by atoms with Crippen molar-refractivity contribution in [3.63, 3.8) is 0 Å². The zero-order chi connectivity index (χ0) is 14.9. The van der Waals surface area contributed by atoms with Crippen LogP contribution in [0.1, 0.15) is 44.1 Å². The predicted molar refractivity (Wildman–Crippen MR) is 90.1 cm³/mol. The Hall–Kier alpha value is -0.570. The molecule has 2 nitrogen and oxygen atoms in total. The number of hydrogen-bond donors (Lipinski definition) is 1. The Balaban J connectivity index is 1.44. The van der Waals surface area contributed by atoms with Gasteiger partial charge in [-0.15, -0.1) is 0 Å². The van der Waals surface area contributed by atoms with Gasteiger partial charge in [-0.05, 0) is 68.8 Å². The minimum Gasteiger partial charge on any atom is -0.313 e. The largest absolute Gasteiger partial charge is 0.313 e. The van der Waals surface area contributed by atoms with Crippen molar-refractivity contribution < 1.29 is 0 Å². The van der Waals surface area contributed by atoms with Crippen LogP contribution in [0.15, 0.2) is 24.3 Å². The van der Waals surface area contributed by atoms with Crippen LogP contribution in [-0.4, -0.2) is 37.6 Å². The Morgan fingerprint density at radius 1 is 1.24 bits per heavy atom. The molecule has 0 spiro atoms. The van der Waals surface area contributed by atoms with Crippen molar-refractivity contribution in [3.8, 4) is 0 Å². The van der Waals surface area contributed by atoms with Crippen LogP contribution in [-0.2, 0) is 0 Å². The Kier molecular flexibility index (Phi) is 4.58. The van der Waals surface area contributed by atoms with Gasteiger partial charge in [0, 0.05) is 17.6 Å². The van der Waals surface area contributed by atoms with Gasteiger partial charge in [0.05, 0.1) is 0 Å². The molecule has 3 heteroatoms. The topological polar surface area (TPSA) is 15.3 Å². The summed E-state index contributed by atoms with van der Waals surface area (Å²) in [4.78, 5) is 2.44. The molecule has 1 N–H and O–H groups in total. The second kappa shape index (κ2) is 6.28. The van der Waals surface area contributed by atoms with Crippen molar-refractivity contribution in [1.82, 2.24) is 10.2 Å². The van der Waals surface area contributed by atoms with Gasteiger partial charge in [0.2, 0.25) is 0 Å². The first-order chi connectivity index (χ1) is 10.1. The van der Waals surface area contributed by atoms with Gasteiger partial charge in [0.25, 0.3) is 0 Å². The van der Waals surface area contributed by atoms with Crippen molar-refractivity contribution in [3.05, 3.63) is 34.9 Å². The van der Waals surface area contributed by atoms with Crippen molar-refractivity contribution in [1.29, 1.82) is 0 Å². The summed E-state index contributed by atoms with van der Waals surface area (Å²) in [7, 11) is 2.23. The van der Waals surface area contributed by atoms with Gasteiger partial charge in [0.15, 0.2) is 0 Å². The summed E-state index contributed by atoms with van der Waals surface area (Å²) < 4.78 is 0. The summed E-state index contributed by atoms with van der Waals surface area (Å²) in [5.74, 6) is 0.654. The van der Waals surface area contributed by atoms with Gasteiger partial charge in [-0.3, -0.25) is 0 Å². The van der Waals surface area contributed by atoms with Gasteiger partial charge in [-0.1, -0.05) is 36.7 Å². The van der Waals surface area contributed by atoms with Gasteiger partial charge in [-0.25, -0.2) is 0 Å². The molecule has 3 rings (SSSR count). The fourth-order valence-electron chi connectivity index (χ4n) is 3.57. The summed E-state index contributed by atoms with van der Waals surface area (Å²) in [6.07, 6.45) is 5.10. The number of nitrogens with zero attached hydrogens (tertiary/aromatic N) is 1. The first kappa shape index (κ1) is 15.3. The normalized spacial score (nSPS) is 29.1. The van der Waals surface area contributed by atoms with E-state index in [4.69, 9.17) is 11.6 Å². The van der Waals surface area contributed by atoms with Crippen LogP contribution in [0.4, 0.5) is 0 Å². The van der Waals surface area contributed by atoms with Crippen LogP contribution >= 0.6 is 11.6 Å². The fourth-order valence-corrected chi connectivity index (χ4v) is 3.86. The number of likely N-dealkylation sites (tertiary alicyclic amines) is 1. The first-order valence-corrected chi connectivity index (χ1v) is 8.60. The molecule has 1 aliphatic heterocycles. The van der Waals surface area contributed by atoms with E-state index < -0.39 is 0 Å². The molecule has 1 aliphatic carbocycles. The van der Waals surface area contributed by atoms with Crippen LogP contribution < -0.4 is 5.32 Å². The van der Waals surface area contributed by atoms with Crippen molar-refractivity contribution >= 4 is 11.6 Å². The number of rotatable bonds is 4. The summed E-state index contributed by atoms with van der Waals surface area (Å²) in [5, 5.41) is 4.74. The lowest BCUT2D eigenvalue weighted by atomic mass is 9.74. The van der Waals surface area contributed by atoms with Crippen molar-refractivity contribution in [2.45, 2.75) is 44.6 Å². The molecule has 1 saturated heterocycles. The molecule has 116 valence electrons. The third kappa shape index (κ3) is 3.61. The van der Waals surface area contributed by atoms with E-state index in [0.29, 0.717) is 17.4 Å². The quantitative estimate of drug-likeness (QED) is 0.907. The van der Waals surface area contributed by atoms with E-state index in [9.17, 15) is 0 Å². The summed E-state index contributed by atoms with van der Waals surface area (Å²) in [6, 6.07) is 8.99. The molecule has 21 heavy (non-hydrogen) atoms. The molecular weight excluding hydrogens is 280 g/mol. The molecule has 1 saturated carbocycles. The molecule has 0 aromatic heterocycles. The van der Waals surface area contributed by atoms with Crippen LogP contribution in [0, 0.1) is 5.41 Å². The molecule has 0 bridgehead atoms. The highest BCUT2D eigenvalue weighted by atomic mass is 35.5. The van der Waals surface area contributed by atoms with Gasteiger partial charge >= 0.3 is 0 Å². The standard InChI is InChI=1S/C18H27ClN2/c1-18(7-9-21(2)10-8-18)13-20-15-11-14(12-15)16-5-3-4-6-17(16)19/h3-6,14-15,20H,7-13H2,1-2H3. The Bertz CT molecular complexity index is 474. The highest BCUT2D eigenvalue weighted by Gasteiger charge is 2.34. The number of benzene rings is 1. The van der Waals surface area contributed by atoms with E-state index in [2.05, 4.69) is 36.3 Å². The average molecular weight is 307 g/mol. The van der Waals surface area contributed by atoms with E-state index in [1.54, 1.807) is 0 Å². The van der Waals surface area contributed by atoms with E-state index in [-0.39, 0.29) is 0 Å². The minimum absolute atomic E-state index is 0.488. The van der Waals surface area contributed by atoms with E-state index in [1.807, 2.05) is 12.1 Å². The molecule has 1 aromatic carbocycles. The molecule has 1 heterocycles. The third-order valence-corrected chi connectivity index (χ3v) is 5.84. The van der Waals surface area contributed by atoms with E-state index >= 15 is 0 Å². The smallest absolute Gasteiger partial charge is 0.0440 e. The SMILES string of the molecule is CN1CCC(C)(CNC2CC(c3ccccc3Cl)C2)CC1. The van der Waals surface area contributed by atoms with E-state index in [0.717, 1.165) is 5.02 Å². The Labute approximate surface area is 133 Å². The lowest BCUT2D eigenvalue weighted by molar-refractivity contribution is 0.125. The van der Waals surface area contributed by atoms with E-state index in [1.165, 1.54) is 50.9 Å². The Morgan fingerprint density at radius 2 is 1.90 bits per heavy atom. The number of piperidine rings is 1. The average Bonchev–Trinajstić information content (AvgIpc) is 2.43. The second-order valence-electron chi connectivity index (χ2n) is 7.38. The molecule has 0 amide bonds. The van der Waals surface area contributed by atoms with Crippen LogP contribution in [0.3, 0.4) is 0 Å². The second-order valence-corrected chi connectivity index (χ2v) is 7.79. The van der Waals surface area contributed by atoms with Gasteiger partial charge in [-0.2, -0.15) is 0 Å². The molecule has 0 radical (unpaired) electrons. The van der Waals surface area contributed by atoms with Crippen LogP contribution in [0.5, 0.6) is 0 Å². The first-order valence-electron chi connectivity index (χ1n) is 8.22. The van der Waals surface area contributed by atoms with Crippen LogP contribution in [0.25, 0.3) is 0 Å². The number of halogens is 1. The van der Waals surface area contributed by atoms with Crippen LogP contribution in [0.2, 0.25) is 5.02 Å². The monoisotopic (exact) mass is 306 g/mol. The molecule has 2 fully saturated rings. The van der Waals surface area contributed by atoms with Gasteiger partial charge in [0.1, 0.15) is 0 Å². The summed E-state index contributed by atoms with van der Waals surface area (Å²) in [5.41, 5.74) is 1.82. The molecule has 2 aliphatic rings. The summed E-state index contributed by atoms with van der Waals surface area (Å²) >= 11 is 6.29. The molecule has 0 unspecified atom stereocenters. The molecule has 1 aromatic rings. The molecular formula is C18H27ClN2. The fraction of sp³-hybridized carbons (Fsp3) is 0.667. The third-order valence-electron chi connectivity index (χ3n) is 5.49. The minimum atomic E-state index is 0.488. The zero-order valence-electron chi connectivity index (χ0n) is 13.2. The number of nitrogens with one attached hydrogen (secondary N) is 1.